The van der Waals surface area contributed by atoms with E-state index in [9.17, 15) is 18.0 Å². The SMILES string of the molecule is Cc1ccc(-c2nnc(S[C@@H](C)C(=O)Nc3ccc(F)c(F)c3F)o2)cc1C. The van der Waals surface area contributed by atoms with Gasteiger partial charge in [0.25, 0.3) is 5.22 Å². The molecule has 0 aliphatic rings. The van der Waals surface area contributed by atoms with Crippen molar-refractivity contribution < 1.29 is 22.4 Å². The standard InChI is InChI=1S/C19H16F3N3O2S/c1-9-4-5-12(8-10(9)2)18-24-25-19(27-18)28-11(3)17(26)23-14-7-6-13(20)15(21)16(14)22/h4-8,11H,1-3H3,(H,23,26)/t11-/m0/s1. The van der Waals surface area contributed by atoms with Gasteiger partial charge in [0.2, 0.25) is 11.8 Å². The van der Waals surface area contributed by atoms with Gasteiger partial charge in [-0.05, 0) is 56.2 Å². The minimum Gasteiger partial charge on any atom is -0.411 e. The monoisotopic (exact) mass is 407 g/mol. The summed E-state index contributed by atoms with van der Waals surface area (Å²) in [6.45, 7) is 5.50. The van der Waals surface area contributed by atoms with Crippen LogP contribution in [-0.2, 0) is 4.79 Å². The van der Waals surface area contributed by atoms with E-state index in [0.717, 1.165) is 40.6 Å². The van der Waals surface area contributed by atoms with Crippen LogP contribution in [0.15, 0.2) is 40.0 Å². The molecule has 0 saturated carbocycles. The van der Waals surface area contributed by atoms with Gasteiger partial charge in [-0.15, -0.1) is 10.2 Å². The summed E-state index contributed by atoms with van der Waals surface area (Å²) in [6.07, 6.45) is 0. The molecule has 0 aliphatic heterocycles. The Balaban J connectivity index is 1.68. The summed E-state index contributed by atoms with van der Waals surface area (Å²) in [6, 6.07) is 7.40. The molecule has 5 nitrogen and oxygen atoms in total. The number of carbonyl (C=O) groups excluding carboxylic acids is 1. The zero-order chi connectivity index (χ0) is 20.4. The van der Waals surface area contributed by atoms with Gasteiger partial charge in [-0.2, -0.15) is 0 Å². The van der Waals surface area contributed by atoms with Gasteiger partial charge < -0.3 is 9.73 Å². The van der Waals surface area contributed by atoms with Crippen molar-refractivity contribution in [3.63, 3.8) is 0 Å². The molecule has 0 spiro atoms. The maximum absolute atomic E-state index is 13.7. The molecule has 0 unspecified atom stereocenters. The van der Waals surface area contributed by atoms with Crippen molar-refractivity contribution in [1.82, 2.24) is 10.2 Å². The van der Waals surface area contributed by atoms with Crippen molar-refractivity contribution in [1.29, 1.82) is 0 Å². The Morgan fingerprint density at radius 2 is 1.82 bits per heavy atom. The van der Waals surface area contributed by atoms with E-state index >= 15 is 0 Å². The number of nitrogens with zero attached hydrogens (tertiary/aromatic N) is 2. The number of amides is 1. The lowest BCUT2D eigenvalue weighted by Crippen LogP contribution is -2.23. The Labute approximate surface area is 163 Å². The predicted molar refractivity (Wildman–Crippen MR) is 99.5 cm³/mol. The molecule has 1 atom stereocenters. The third-order valence-corrected chi connectivity index (χ3v) is 5.03. The average Bonchev–Trinajstić information content (AvgIpc) is 3.12. The topological polar surface area (TPSA) is 68.0 Å². The van der Waals surface area contributed by atoms with Gasteiger partial charge in [0.15, 0.2) is 17.5 Å². The third kappa shape index (κ3) is 4.19. The molecular weight excluding hydrogens is 391 g/mol. The van der Waals surface area contributed by atoms with Crippen molar-refractivity contribution in [2.45, 2.75) is 31.2 Å². The van der Waals surface area contributed by atoms with Gasteiger partial charge in [-0.25, -0.2) is 13.2 Å². The van der Waals surface area contributed by atoms with E-state index in [1.165, 1.54) is 6.92 Å². The number of halogens is 3. The highest BCUT2D eigenvalue weighted by atomic mass is 32.2. The lowest BCUT2D eigenvalue weighted by atomic mass is 10.1. The smallest absolute Gasteiger partial charge is 0.277 e. The van der Waals surface area contributed by atoms with Crippen LogP contribution in [-0.4, -0.2) is 21.4 Å². The second-order valence-corrected chi connectivity index (χ2v) is 7.44. The zero-order valence-electron chi connectivity index (χ0n) is 15.2. The number of hydrogen-bond acceptors (Lipinski definition) is 5. The van der Waals surface area contributed by atoms with Crippen LogP contribution < -0.4 is 5.32 Å². The molecule has 1 heterocycles. The minimum absolute atomic E-state index is 0.154. The molecule has 0 bridgehead atoms. The number of anilines is 1. The highest BCUT2D eigenvalue weighted by Gasteiger charge is 2.21. The molecule has 2 aromatic carbocycles. The molecule has 28 heavy (non-hydrogen) atoms. The van der Waals surface area contributed by atoms with Gasteiger partial charge in [0, 0.05) is 5.56 Å². The fourth-order valence-corrected chi connectivity index (χ4v) is 2.99. The molecule has 1 aromatic heterocycles. The number of carbonyl (C=O) groups is 1. The summed E-state index contributed by atoms with van der Waals surface area (Å²) in [4.78, 5) is 12.2. The molecule has 9 heteroatoms. The average molecular weight is 407 g/mol. The highest BCUT2D eigenvalue weighted by Crippen LogP contribution is 2.28. The van der Waals surface area contributed by atoms with Crippen LogP contribution in [0.25, 0.3) is 11.5 Å². The van der Waals surface area contributed by atoms with E-state index in [-0.39, 0.29) is 5.22 Å². The summed E-state index contributed by atoms with van der Waals surface area (Å²) in [7, 11) is 0. The maximum atomic E-state index is 13.7. The van der Waals surface area contributed by atoms with Gasteiger partial charge in [-0.1, -0.05) is 17.8 Å². The van der Waals surface area contributed by atoms with Crippen LogP contribution >= 0.6 is 11.8 Å². The molecule has 0 fully saturated rings. The number of thioether (sulfide) groups is 1. The third-order valence-electron chi connectivity index (χ3n) is 4.10. The Morgan fingerprint density at radius 3 is 2.54 bits per heavy atom. The zero-order valence-corrected chi connectivity index (χ0v) is 16.0. The number of nitrogens with one attached hydrogen (secondary N) is 1. The van der Waals surface area contributed by atoms with E-state index < -0.39 is 34.3 Å². The Kier molecular flexibility index (Phi) is 5.73. The molecule has 3 rings (SSSR count). The molecule has 146 valence electrons. The van der Waals surface area contributed by atoms with E-state index in [1.54, 1.807) is 0 Å². The van der Waals surface area contributed by atoms with E-state index in [1.807, 2.05) is 32.0 Å². The normalized spacial score (nSPS) is 12.1. The van der Waals surface area contributed by atoms with E-state index in [0.29, 0.717) is 5.89 Å². The van der Waals surface area contributed by atoms with Crippen molar-refractivity contribution in [2.75, 3.05) is 5.32 Å². The fourth-order valence-electron chi connectivity index (χ4n) is 2.31. The Bertz CT molecular complexity index is 1040. The Hall–Kier alpha value is -2.81. The van der Waals surface area contributed by atoms with E-state index in [2.05, 4.69) is 15.5 Å². The lowest BCUT2D eigenvalue weighted by Gasteiger charge is -2.11. The largest absolute Gasteiger partial charge is 0.411 e. The predicted octanol–water partition coefficient (Wildman–Crippen LogP) is 4.89. The molecule has 0 aliphatic carbocycles. The van der Waals surface area contributed by atoms with E-state index in [4.69, 9.17) is 4.42 Å². The lowest BCUT2D eigenvalue weighted by molar-refractivity contribution is -0.115. The number of rotatable bonds is 5. The van der Waals surface area contributed by atoms with Crippen LogP contribution in [0.1, 0.15) is 18.1 Å². The van der Waals surface area contributed by atoms with Crippen molar-refractivity contribution in [2.24, 2.45) is 0 Å². The van der Waals surface area contributed by atoms with Crippen LogP contribution in [0, 0.1) is 31.3 Å². The second kappa shape index (κ2) is 8.05. The quantitative estimate of drug-likeness (QED) is 0.482. The van der Waals surface area contributed by atoms with Crippen LogP contribution in [0.5, 0.6) is 0 Å². The molecule has 3 aromatic rings. The number of aryl methyl sites for hydroxylation is 2. The molecule has 0 saturated heterocycles. The van der Waals surface area contributed by atoms with Crippen molar-refractivity contribution in [3.8, 4) is 11.5 Å². The summed E-state index contributed by atoms with van der Waals surface area (Å²) < 4.78 is 45.5. The molecule has 1 N–H and O–H groups in total. The number of benzene rings is 2. The summed E-state index contributed by atoms with van der Waals surface area (Å²) in [5.41, 5.74) is 2.51. The summed E-state index contributed by atoms with van der Waals surface area (Å²) in [5, 5.41) is 9.49. The van der Waals surface area contributed by atoms with Gasteiger partial charge in [0.1, 0.15) is 0 Å². The van der Waals surface area contributed by atoms with Crippen LogP contribution in [0.2, 0.25) is 0 Å². The van der Waals surface area contributed by atoms with Crippen LogP contribution in [0.4, 0.5) is 18.9 Å². The summed E-state index contributed by atoms with van der Waals surface area (Å²) >= 11 is 0.964. The molecular formula is C19H16F3N3O2S. The van der Waals surface area contributed by atoms with Gasteiger partial charge in [0.05, 0.1) is 10.9 Å². The van der Waals surface area contributed by atoms with Crippen LogP contribution in [0.3, 0.4) is 0 Å². The Morgan fingerprint density at radius 1 is 1.07 bits per heavy atom. The first-order chi connectivity index (χ1) is 13.3. The number of hydrogen-bond donors (Lipinski definition) is 1. The first-order valence-corrected chi connectivity index (χ1v) is 9.16. The number of aromatic nitrogens is 2. The highest BCUT2D eigenvalue weighted by molar-refractivity contribution is 8.00. The summed E-state index contributed by atoms with van der Waals surface area (Å²) in [5.74, 6) is -4.75. The first kappa shape index (κ1) is 19.9. The van der Waals surface area contributed by atoms with Crippen molar-refractivity contribution in [3.05, 3.63) is 58.9 Å². The molecule has 0 radical (unpaired) electrons. The van der Waals surface area contributed by atoms with Gasteiger partial charge >= 0.3 is 0 Å². The van der Waals surface area contributed by atoms with Gasteiger partial charge in [-0.3, -0.25) is 4.79 Å². The molecule has 1 amide bonds. The van der Waals surface area contributed by atoms with Crippen molar-refractivity contribution >= 4 is 23.4 Å². The fraction of sp³-hybridized carbons (Fsp3) is 0.211. The minimum atomic E-state index is -1.65. The maximum Gasteiger partial charge on any atom is 0.277 e. The second-order valence-electron chi connectivity index (χ2n) is 6.14. The first-order valence-electron chi connectivity index (χ1n) is 8.28.